The molecular formula is C24H35N3O4. The summed E-state index contributed by atoms with van der Waals surface area (Å²) < 4.78 is 4.84. The van der Waals surface area contributed by atoms with E-state index < -0.39 is 5.54 Å². The van der Waals surface area contributed by atoms with Crippen molar-refractivity contribution in [2.75, 3.05) is 25.5 Å². The second-order valence-corrected chi connectivity index (χ2v) is 9.18. The largest absolute Gasteiger partial charge is 0.469 e. The Morgan fingerprint density at radius 3 is 2.42 bits per heavy atom. The zero-order valence-electron chi connectivity index (χ0n) is 19.0. The van der Waals surface area contributed by atoms with Gasteiger partial charge in [-0.2, -0.15) is 0 Å². The van der Waals surface area contributed by atoms with E-state index in [1.165, 1.54) is 7.11 Å². The summed E-state index contributed by atoms with van der Waals surface area (Å²) in [6.07, 6.45) is 6.84. The van der Waals surface area contributed by atoms with E-state index in [1.807, 2.05) is 17.9 Å². The van der Waals surface area contributed by atoms with Crippen LogP contribution in [0.1, 0.15) is 74.2 Å². The van der Waals surface area contributed by atoms with Crippen molar-refractivity contribution in [2.45, 2.75) is 70.8 Å². The Balaban J connectivity index is 1.64. The molecule has 31 heavy (non-hydrogen) atoms. The van der Waals surface area contributed by atoms with Crippen LogP contribution in [-0.4, -0.2) is 48.5 Å². The maximum Gasteiger partial charge on any atom is 0.319 e. The summed E-state index contributed by atoms with van der Waals surface area (Å²) in [5.41, 5.74) is 1.57. The lowest BCUT2D eigenvalue weighted by Crippen LogP contribution is -2.52. The average Bonchev–Trinajstić information content (AvgIpc) is 2.75. The molecule has 7 nitrogen and oxygen atoms in total. The fourth-order valence-corrected chi connectivity index (χ4v) is 4.65. The summed E-state index contributed by atoms with van der Waals surface area (Å²) in [5, 5.41) is 5.94. The van der Waals surface area contributed by atoms with Crippen molar-refractivity contribution in [3.05, 3.63) is 29.3 Å². The molecular weight excluding hydrogens is 394 g/mol. The first-order chi connectivity index (χ1) is 14.8. The number of nitrogens with zero attached hydrogens (tertiary/aromatic N) is 1. The number of anilines is 1. The van der Waals surface area contributed by atoms with Crippen molar-refractivity contribution in [3.8, 4) is 0 Å². The highest BCUT2D eigenvalue weighted by molar-refractivity contribution is 5.96. The van der Waals surface area contributed by atoms with Crippen LogP contribution in [0.3, 0.4) is 0 Å². The van der Waals surface area contributed by atoms with Crippen molar-refractivity contribution >= 4 is 23.6 Å². The van der Waals surface area contributed by atoms with Crippen LogP contribution < -0.4 is 10.6 Å². The maximum absolute atomic E-state index is 12.8. The predicted molar refractivity (Wildman–Crippen MR) is 120 cm³/mol. The van der Waals surface area contributed by atoms with Crippen molar-refractivity contribution in [3.63, 3.8) is 0 Å². The van der Waals surface area contributed by atoms with Crippen LogP contribution in [0.25, 0.3) is 0 Å². The SMILES string of the molecule is COC(=O)CC1(NC(=O)Nc2ccc(C(=O)N3CCC(C)CC3)cc2C)CCCCC1. The molecule has 3 rings (SSSR count). The number of ether oxygens (including phenoxy) is 1. The molecule has 7 heteroatoms. The second kappa shape index (κ2) is 10.2. The molecule has 0 radical (unpaired) electrons. The molecule has 1 aromatic rings. The molecule has 170 valence electrons. The monoisotopic (exact) mass is 429 g/mol. The summed E-state index contributed by atoms with van der Waals surface area (Å²) >= 11 is 0. The summed E-state index contributed by atoms with van der Waals surface area (Å²) in [5.74, 6) is 0.404. The molecule has 0 atom stereocenters. The van der Waals surface area contributed by atoms with Gasteiger partial charge in [-0.25, -0.2) is 4.79 Å². The highest BCUT2D eigenvalue weighted by atomic mass is 16.5. The minimum absolute atomic E-state index is 0.0465. The van der Waals surface area contributed by atoms with E-state index >= 15 is 0 Å². The number of aryl methyl sites for hydroxylation is 1. The van der Waals surface area contributed by atoms with Gasteiger partial charge in [-0.05, 0) is 62.3 Å². The van der Waals surface area contributed by atoms with E-state index in [9.17, 15) is 14.4 Å². The molecule has 2 fully saturated rings. The van der Waals surface area contributed by atoms with Gasteiger partial charge in [-0.15, -0.1) is 0 Å². The third-order valence-corrected chi connectivity index (χ3v) is 6.69. The van der Waals surface area contributed by atoms with Crippen molar-refractivity contribution in [2.24, 2.45) is 5.92 Å². The highest BCUT2D eigenvalue weighted by Crippen LogP contribution is 2.32. The quantitative estimate of drug-likeness (QED) is 0.685. The fraction of sp³-hybridized carbons (Fsp3) is 0.625. The number of methoxy groups -OCH3 is 1. The van der Waals surface area contributed by atoms with Crippen LogP contribution in [0.15, 0.2) is 18.2 Å². The lowest BCUT2D eigenvalue weighted by molar-refractivity contribution is -0.142. The molecule has 1 aliphatic carbocycles. The lowest BCUT2D eigenvalue weighted by atomic mass is 9.79. The standard InChI is InChI=1S/C24H35N3O4/c1-17-9-13-27(14-10-17)22(29)19-7-8-20(18(2)15-19)25-23(30)26-24(16-21(28)31-3)11-5-4-6-12-24/h7-8,15,17H,4-6,9-14,16H2,1-3H3,(H2,25,26,30). The Bertz CT molecular complexity index is 809. The van der Waals surface area contributed by atoms with Gasteiger partial charge in [-0.1, -0.05) is 26.2 Å². The molecule has 2 aliphatic rings. The number of hydrogen-bond donors (Lipinski definition) is 2. The smallest absolute Gasteiger partial charge is 0.319 e. The first kappa shape index (κ1) is 23.1. The van der Waals surface area contributed by atoms with E-state index in [1.54, 1.807) is 12.1 Å². The predicted octanol–water partition coefficient (Wildman–Crippen LogP) is 4.25. The van der Waals surface area contributed by atoms with E-state index in [0.29, 0.717) is 17.2 Å². The Morgan fingerprint density at radius 1 is 1.13 bits per heavy atom. The van der Waals surface area contributed by atoms with Gasteiger partial charge in [0, 0.05) is 24.3 Å². The Morgan fingerprint density at radius 2 is 1.81 bits per heavy atom. The molecule has 3 amide bonds. The summed E-state index contributed by atoms with van der Waals surface area (Å²) in [6, 6.07) is 5.05. The molecule has 1 saturated heterocycles. The lowest BCUT2D eigenvalue weighted by Gasteiger charge is -2.37. The first-order valence-corrected chi connectivity index (χ1v) is 11.4. The van der Waals surface area contributed by atoms with Crippen LogP contribution >= 0.6 is 0 Å². The van der Waals surface area contributed by atoms with Crippen LogP contribution in [-0.2, 0) is 9.53 Å². The second-order valence-electron chi connectivity index (χ2n) is 9.18. The minimum Gasteiger partial charge on any atom is -0.469 e. The zero-order valence-corrected chi connectivity index (χ0v) is 19.0. The number of likely N-dealkylation sites (tertiary alicyclic amines) is 1. The molecule has 1 saturated carbocycles. The minimum atomic E-state index is -0.565. The third kappa shape index (κ3) is 5.99. The Labute approximate surface area is 184 Å². The number of hydrogen-bond acceptors (Lipinski definition) is 4. The Hall–Kier alpha value is -2.57. The van der Waals surface area contributed by atoms with Crippen molar-refractivity contribution in [1.29, 1.82) is 0 Å². The number of amides is 3. The molecule has 0 aromatic heterocycles. The van der Waals surface area contributed by atoms with Gasteiger partial charge in [0.15, 0.2) is 0 Å². The van der Waals surface area contributed by atoms with Gasteiger partial charge in [0.05, 0.1) is 19.1 Å². The van der Waals surface area contributed by atoms with Gasteiger partial charge >= 0.3 is 12.0 Å². The molecule has 1 aliphatic heterocycles. The number of benzene rings is 1. The molecule has 2 N–H and O–H groups in total. The van der Waals surface area contributed by atoms with E-state index in [4.69, 9.17) is 4.74 Å². The van der Waals surface area contributed by atoms with Gasteiger partial charge in [0.1, 0.15) is 0 Å². The van der Waals surface area contributed by atoms with Gasteiger partial charge in [-0.3, -0.25) is 9.59 Å². The summed E-state index contributed by atoms with van der Waals surface area (Å²) in [4.78, 5) is 39.4. The maximum atomic E-state index is 12.8. The number of piperidine rings is 1. The van der Waals surface area contributed by atoms with Crippen LogP contribution in [0.4, 0.5) is 10.5 Å². The number of urea groups is 1. The highest BCUT2D eigenvalue weighted by Gasteiger charge is 2.36. The van der Waals surface area contributed by atoms with E-state index in [2.05, 4.69) is 17.6 Å². The van der Waals surface area contributed by atoms with Crippen LogP contribution in [0, 0.1) is 12.8 Å². The fourth-order valence-electron chi connectivity index (χ4n) is 4.65. The van der Waals surface area contributed by atoms with Crippen molar-refractivity contribution < 1.29 is 19.1 Å². The number of rotatable bonds is 5. The van der Waals surface area contributed by atoms with Gasteiger partial charge in [0.25, 0.3) is 5.91 Å². The van der Waals surface area contributed by atoms with Crippen molar-refractivity contribution in [1.82, 2.24) is 10.2 Å². The first-order valence-electron chi connectivity index (χ1n) is 11.4. The average molecular weight is 430 g/mol. The molecule has 0 unspecified atom stereocenters. The molecule has 0 bridgehead atoms. The van der Waals surface area contributed by atoms with Crippen LogP contribution in [0.2, 0.25) is 0 Å². The zero-order chi connectivity index (χ0) is 22.4. The number of esters is 1. The number of nitrogens with one attached hydrogen (secondary N) is 2. The summed E-state index contributed by atoms with van der Waals surface area (Å²) in [7, 11) is 1.37. The van der Waals surface area contributed by atoms with Gasteiger partial charge < -0.3 is 20.3 Å². The van der Waals surface area contributed by atoms with Crippen LogP contribution in [0.5, 0.6) is 0 Å². The number of carbonyl (C=O) groups is 3. The Kier molecular flexibility index (Phi) is 7.57. The van der Waals surface area contributed by atoms with E-state index in [0.717, 1.165) is 63.6 Å². The molecule has 1 aromatic carbocycles. The normalized spacial score (nSPS) is 18.9. The topological polar surface area (TPSA) is 87.7 Å². The number of carbonyl (C=O) groups excluding carboxylic acids is 3. The molecule has 0 spiro atoms. The third-order valence-electron chi connectivity index (χ3n) is 6.69. The molecule has 1 heterocycles. The summed E-state index contributed by atoms with van der Waals surface area (Å²) in [6.45, 7) is 5.70. The van der Waals surface area contributed by atoms with Gasteiger partial charge in [0.2, 0.25) is 0 Å². The van der Waals surface area contributed by atoms with E-state index in [-0.39, 0.29) is 24.3 Å².